The Hall–Kier alpha value is -4.14. The third kappa shape index (κ3) is 4.62. The number of nitrogen functional groups attached to an aromatic ring is 1. The molecule has 5 rings (SSSR count). The zero-order chi connectivity index (χ0) is 24.4. The van der Waals surface area contributed by atoms with Crippen molar-refractivity contribution in [2.75, 3.05) is 19.5 Å². The van der Waals surface area contributed by atoms with Gasteiger partial charge in [0.05, 0.1) is 36.9 Å². The van der Waals surface area contributed by atoms with Crippen LogP contribution in [0.4, 0.5) is 5.95 Å². The average molecular weight is 474 g/mol. The highest BCUT2D eigenvalue weighted by atomic mass is 16.5. The van der Waals surface area contributed by atoms with Crippen molar-refractivity contribution in [1.29, 1.82) is 0 Å². The molecule has 0 bridgehead atoms. The maximum absolute atomic E-state index is 12.4. The molecule has 0 radical (unpaired) electrons. The molecule has 0 saturated heterocycles. The number of benzene rings is 2. The number of hydrogen-bond acceptors (Lipinski definition) is 7. The van der Waals surface area contributed by atoms with E-state index < -0.39 is 5.97 Å². The Morgan fingerprint density at radius 3 is 2.71 bits per heavy atom. The van der Waals surface area contributed by atoms with Gasteiger partial charge in [-0.05, 0) is 42.7 Å². The molecule has 0 atom stereocenters. The van der Waals surface area contributed by atoms with Gasteiger partial charge in [0.2, 0.25) is 11.8 Å². The fourth-order valence-electron chi connectivity index (χ4n) is 4.56. The van der Waals surface area contributed by atoms with Crippen LogP contribution in [0.2, 0.25) is 0 Å². The van der Waals surface area contributed by atoms with Crippen molar-refractivity contribution in [2.45, 2.75) is 32.4 Å². The Morgan fingerprint density at radius 1 is 1.11 bits per heavy atom. The molecule has 0 amide bonds. The van der Waals surface area contributed by atoms with Crippen molar-refractivity contribution in [3.8, 4) is 5.88 Å². The first kappa shape index (κ1) is 22.6. The lowest BCUT2D eigenvalue weighted by atomic mass is 9.69. The van der Waals surface area contributed by atoms with E-state index in [2.05, 4.69) is 14.6 Å². The van der Waals surface area contributed by atoms with Crippen molar-refractivity contribution in [1.82, 2.24) is 19.3 Å². The summed E-state index contributed by atoms with van der Waals surface area (Å²) in [5.74, 6) is 0.447. The number of aromatic nitrogens is 4. The van der Waals surface area contributed by atoms with E-state index in [0.29, 0.717) is 30.5 Å². The largest absolute Gasteiger partial charge is 0.476 e. The lowest BCUT2D eigenvalue weighted by Crippen LogP contribution is -2.40. The number of ether oxygens (including phenoxy) is 2. The number of imidazole rings is 1. The van der Waals surface area contributed by atoms with Crippen LogP contribution in [-0.4, -0.2) is 39.0 Å². The first-order chi connectivity index (χ1) is 17.0. The molecule has 2 aromatic carbocycles. The van der Waals surface area contributed by atoms with Crippen LogP contribution in [0.3, 0.4) is 0 Å². The van der Waals surface area contributed by atoms with Crippen LogP contribution in [0.15, 0.2) is 65.5 Å². The molecular weight excluding hydrogens is 446 g/mol. The molecule has 1 fully saturated rings. The number of nitrogens with two attached hydrogens (primary N) is 1. The number of methoxy groups -OCH3 is 1. The summed E-state index contributed by atoms with van der Waals surface area (Å²) in [4.78, 5) is 28.7. The van der Waals surface area contributed by atoms with E-state index in [1.165, 1.54) is 17.9 Å². The van der Waals surface area contributed by atoms with E-state index in [0.717, 1.165) is 35.9 Å². The first-order valence-electron chi connectivity index (χ1n) is 11.6. The van der Waals surface area contributed by atoms with E-state index in [9.17, 15) is 9.59 Å². The normalized spacial score (nSPS) is 14.4. The molecule has 1 aliphatic carbocycles. The van der Waals surface area contributed by atoms with Crippen LogP contribution < -0.4 is 16.0 Å². The zero-order valence-electron chi connectivity index (χ0n) is 19.5. The minimum absolute atomic E-state index is 0.0743. The molecule has 0 unspecified atom stereocenters. The molecular formula is C26H27N5O4. The Bertz CT molecular complexity index is 1440. The second-order valence-electron chi connectivity index (χ2n) is 9.05. The number of rotatable bonds is 8. The van der Waals surface area contributed by atoms with Crippen LogP contribution in [0, 0.1) is 5.41 Å². The van der Waals surface area contributed by atoms with Crippen LogP contribution in [0.5, 0.6) is 5.88 Å². The molecule has 1 saturated carbocycles. The summed E-state index contributed by atoms with van der Waals surface area (Å²) in [7, 11) is 1.33. The van der Waals surface area contributed by atoms with E-state index in [1.807, 2.05) is 30.3 Å². The maximum Gasteiger partial charge on any atom is 0.337 e. The molecule has 2 aromatic heterocycles. The van der Waals surface area contributed by atoms with E-state index in [-0.39, 0.29) is 17.5 Å². The van der Waals surface area contributed by atoms with Gasteiger partial charge in [0.25, 0.3) is 5.56 Å². The fourth-order valence-corrected chi connectivity index (χ4v) is 4.56. The minimum atomic E-state index is -0.429. The molecule has 2 heterocycles. The van der Waals surface area contributed by atoms with Crippen molar-refractivity contribution < 1.29 is 14.3 Å². The fraction of sp³-hybridized carbons (Fsp3) is 0.308. The summed E-state index contributed by atoms with van der Waals surface area (Å²) < 4.78 is 14.3. The van der Waals surface area contributed by atoms with Gasteiger partial charge in [0.15, 0.2) is 0 Å². The smallest absolute Gasteiger partial charge is 0.337 e. The molecule has 180 valence electrons. The third-order valence-electron chi connectivity index (χ3n) is 6.64. The summed E-state index contributed by atoms with van der Waals surface area (Å²) in [6, 6.07) is 17.9. The van der Waals surface area contributed by atoms with Crippen molar-refractivity contribution in [3.63, 3.8) is 0 Å². The van der Waals surface area contributed by atoms with Crippen LogP contribution in [-0.2, 0) is 17.8 Å². The summed E-state index contributed by atoms with van der Waals surface area (Å²) in [6.07, 6.45) is 3.15. The molecule has 1 aliphatic rings. The second-order valence-corrected chi connectivity index (χ2v) is 9.05. The standard InChI is InChI=1S/C26H27N5O4/c1-34-24(33)19-7-4-6-18(14-19)15-31-23(32)11-10-22(29-31)35-17-26(12-5-13-26)16-30-21-9-3-2-8-20(21)28-25(30)27/h2-4,6-11,14H,5,12-13,15-17H2,1H3,(H2,27,28). The number of fused-ring (bicyclic) bond motifs is 1. The minimum Gasteiger partial charge on any atom is -0.476 e. The second kappa shape index (κ2) is 9.25. The maximum atomic E-state index is 12.4. The van der Waals surface area contributed by atoms with E-state index in [1.54, 1.807) is 24.3 Å². The Balaban J connectivity index is 1.32. The molecule has 0 aliphatic heterocycles. The monoisotopic (exact) mass is 473 g/mol. The quantitative estimate of drug-likeness (QED) is 0.391. The van der Waals surface area contributed by atoms with Crippen LogP contribution >= 0.6 is 0 Å². The average Bonchev–Trinajstić information content (AvgIpc) is 3.16. The number of carbonyl (C=O) groups excluding carboxylic acids is 1. The predicted octanol–water partition coefficient (Wildman–Crippen LogP) is 3.26. The highest BCUT2D eigenvalue weighted by Gasteiger charge is 2.39. The van der Waals surface area contributed by atoms with Gasteiger partial charge in [-0.25, -0.2) is 14.5 Å². The number of para-hydroxylation sites is 2. The number of hydrogen-bond donors (Lipinski definition) is 1. The Kier molecular flexibility index (Phi) is 5.98. The van der Waals surface area contributed by atoms with Gasteiger partial charge in [-0.1, -0.05) is 30.7 Å². The van der Waals surface area contributed by atoms with Gasteiger partial charge < -0.3 is 19.8 Å². The van der Waals surface area contributed by atoms with Crippen molar-refractivity contribution in [2.24, 2.45) is 5.41 Å². The van der Waals surface area contributed by atoms with E-state index >= 15 is 0 Å². The Labute approximate surface area is 202 Å². The molecule has 0 spiro atoms. The molecule has 4 aromatic rings. The number of nitrogens with zero attached hydrogens (tertiary/aromatic N) is 4. The molecule has 35 heavy (non-hydrogen) atoms. The van der Waals surface area contributed by atoms with Crippen molar-refractivity contribution in [3.05, 3.63) is 82.1 Å². The van der Waals surface area contributed by atoms with Gasteiger partial charge >= 0.3 is 5.97 Å². The lowest BCUT2D eigenvalue weighted by molar-refractivity contribution is 0.0383. The molecule has 2 N–H and O–H groups in total. The van der Waals surface area contributed by atoms with Gasteiger partial charge in [-0.15, -0.1) is 5.10 Å². The van der Waals surface area contributed by atoms with Gasteiger partial charge in [-0.3, -0.25) is 4.79 Å². The van der Waals surface area contributed by atoms with E-state index in [4.69, 9.17) is 15.2 Å². The summed E-state index contributed by atoms with van der Waals surface area (Å²) in [6.45, 7) is 1.38. The number of esters is 1. The van der Waals surface area contributed by atoms with Gasteiger partial charge in [0.1, 0.15) is 0 Å². The first-order valence-corrected chi connectivity index (χ1v) is 11.6. The topological polar surface area (TPSA) is 114 Å². The molecule has 9 heteroatoms. The summed E-state index contributed by atoms with van der Waals surface area (Å²) >= 11 is 0. The van der Waals surface area contributed by atoms with Gasteiger partial charge in [-0.2, -0.15) is 0 Å². The molecule has 9 nitrogen and oxygen atoms in total. The van der Waals surface area contributed by atoms with Crippen LogP contribution in [0.1, 0.15) is 35.2 Å². The third-order valence-corrected chi connectivity index (χ3v) is 6.64. The van der Waals surface area contributed by atoms with Crippen molar-refractivity contribution >= 4 is 23.0 Å². The highest BCUT2D eigenvalue weighted by Crippen LogP contribution is 2.43. The number of anilines is 1. The summed E-state index contributed by atoms with van der Waals surface area (Å²) in [5, 5.41) is 4.41. The summed E-state index contributed by atoms with van der Waals surface area (Å²) in [5.41, 5.74) is 8.97. The number of carbonyl (C=O) groups is 1. The predicted molar refractivity (Wildman–Crippen MR) is 131 cm³/mol. The zero-order valence-corrected chi connectivity index (χ0v) is 19.5. The Morgan fingerprint density at radius 2 is 1.94 bits per heavy atom. The lowest BCUT2D eigenvalue weighted by Gasteiger charge is -2.41. The van der Waals surface area contributed by atoms with Gasteiger partial charge in [0, 0.05) is 24.1 Å². The van der Waals surface area contributed by atoms with Crippen LogP contribution in [0.25, 0.3) is 11.0 Å². The SMILES string of the molecule is COC(=O)c1cccc(Cn2nc(OCC3(Cn4c(N)nc5ccccc54)CCC3)ccc2=O)c1. The highest BCUT2D eigenvalue weighted by molar-refractivity contribution is 5.89.